The first-order valence-corrected chi connectivity index (χ1v) is 6.36. The first-order chi connectivity index (χ1) is 8.15. The van der Waals surface area contributed by atoms with E-state index in [1.165, 1.54) is 0 Å². The molecule has 0 atom stereocenters. The summed E-state index contributed by atoms with van der Waals surface area (Å²) in [6.07, 6.45) is 1.27. The summed E-state index contributed by atoms with van der Waals surface area (Å²) in [4.78, 5) is 27.5. The number of carbonyl (C=O) groups is 2. The first-order valence-electron chi connectivity index (χ1n) is 6.36. The highest BCUT2D eigenvalue weighted by atomic mass is 16.6. The van der Waals surface area contributed by atoms with Crippen molar-refractivity contribution >= 4 is 12.0 Å². The van der Waals surface area contributed by atoms with Crippen LogP contribution in [0, 0.1) is 5.41 Å². The first kappa shape index (κ1) is 13.2. The zero-order valence-corrected chi connectivity index (χ0v) is 11.8. The van der Waals surface area contributed by atoms with Gasteiger partial charge in [0.25, 0.3) is 0 Å². The topological polar surface area (TPSA) is 49.9 Å². The van der Waals surface area contributed by atoms with Crippen LogP contribution in [0.2, 0.25) is 0 Å². The molecule has 3 fully saturated rings. The Bertz CT molecular complexity index is 378. The molecule has 0 radical (unpaired) electrons. The van der Waals surface area contributed by atoms with Gasteiger partial charge in [0.2, 0.25) is 5.91 Å². The van der Waals surface area contributed by atoms with Gasteiger partial charge < -0.3 is 14.5 Å². The molecule has 0 aromatic heterocycles. The zero-order valence-electron chi connectivity index (χ0n) is 11.8. The van der Waals surface area contributed by atoms with Gasteiger partial charge in [0, 0.05) is 26.7 Å². The van der Waals surface area contributed by atoms with Crippen molar-refractivity contribution in [3.8, 4) is 0 Å². The second-order valence-corrected chi connectivity index (χ2v) is 6.65. The van der Waals surface area contributed by atoms with Gasteiger partial charge in [0.1, 0.15) is 5.60 Å². The van der Waals surface area contributed by atoms with Gasteiger partial charge in [-0.3, -0.25) is 4.79 Å². The van der Waals surface area contributed by atoms with Crippen molar-refractivity contribution in [2.24, 2.45) is 5.41 Å². The van der Waals surface area contributed by atoms with Crippen molar-refractivity contribution in [2.75, 3.05) is 20.6 Å². The molecule has 2 amide bonds. The molecule has 2 bridgehead atoms. The predicted molar refractivity (Wildman–Crippen MR) is 67.1 cm³/mol. The number of hydrogen-bond donors (Lipinski definition) is 0. The van der Waals surface area contributed by atoms with Gasteiger partial charge in [-0.05, 0) is 33.6 Å². The van der Waals surface area contributed by atoms with Crippen LogP contribution in [0.3, 0.4) is 0 Å². The molecule has 5 heteroatoms. The third kappa shape index (κ3) is 2.06. The summed E-state index contributed by atoms with van der Waals surface area (Å²) in [6.45, 7) is 6.06. The Balaban J connectivity index is 2.01. The van der Waals surface area contributed by atoms with E-state index >= 15 is 0 Å². The summed E-state index contributed by atoms with van der Waals surface area (Å²) in [7, 11) is 3.53. The van der Waals surface area contributed by atoms with E-state index in [1.807, 2.05) is 20.8 Å². The molecule has 3 rings (SSSR count). The molecule has 0 aromatic rings. The average Bonchev–Trinajstić information content (AvgIpc) is 2.67. The molecule has 0 unspecified atom stereocenters. The minimum absolute atomic E-state index is 0.129. The SMILES string of the molecule is CN(C)C(=O)C12CC(C1)N(C(=O)OC(C)(C)C)C2. The van der Waals surface area contributed by atoms with Crippen LogP contribution >= 0.6 is 0 Å². The summed E-state index contributed by atoms with van der Waals surface area (Å²) in [5.41, 5.74) is -0.826. The molecule has 1 aliphatic carbocycles. The molecule has 0 N–H and O–H groups in total. The van der Waals surface area contributed by atoms with E-state index in [0.717, 1.165) is 12.8 Å². The summed E-state index contributed by atoms with van der Waals surface area (Å²) in [5, 5.41) is 0. The van der Waals surface area contributed by atoms with Crippen LogP contribution < -0.4 is 0 Å². The number of rotatable bonds is 1. The molecule has 102 valence electrons. The minimum atomic E-state index is -0.483. The fourth-order valence-corrected chi connectivity index (χ4v) is 2.90. The second-order valence-electron chi connectivity index (χ2n) is 6.65. The summed E-state index contributed by atoms with van der Waals surface area (Å²) >= 11 is 0. The molecule has 2 heterocycles. The lowest BCUT2D eigenvalue weighted by Crippen LogP contribution is -2.46. The number of ether oxygens (including phenoxy) is 1. The third-order valence-electron chi connectivity index (χ3n) is 3.65. The number of nitrogens with zero attached hydrogens (tertiary/aromatic N) is 2. The van der Waals surface area contributed by atoms with Crippen LogP contribution in [0.15, 0.2) is 0 Å². The molecule has 18 heavy (non-hydrogen) atoms. The maximum Gasteiger partial charge on any atom is 0.410 e. The van der Waals surface area contributed by atoms with Crippen molar-refractivity contribution in [3.63, 3.8) is 0 Å². The number of amides is 2. The maximum atomic E-state index is 12.1. The van der Waals surface area contributed by atoms with Gasteiger partial charge >= 0.3 is 6.09 Å². The van der Waals surface area contributed by atoms with E-state index in [1.54, 1.807) is 23.9 Å². The van der Waals surface area contributed by atoms with Crippen molar-refractivity contribution in [2.45, 2.75) is 45.3 Å². The van der Waals surface area contributed by atoms with E-state index in [4.69, 9.17) is 4.74 Å². The molecule has 0 aromatic carbocycles. The maximum absolute atomic E-state index is 12.1. The van der Waals surface area contributed by atoms with Gasteiger partial charge in [-0.15, -0.1) is 0 Å². The Hall–Kier alpha value is -1.26. The van der Waals surface area contributed by atoms with E-state index in [9.17, 15) is 9.59 Å². The summed E-state index contributed by atoms with van der Waals surface area (Å²) in [6, 6.07) is 0.184. The van der Waals surface area contributed by atoms with E-state index in [-0.39, 0.29) is 23.5 Å². The quantitative estimate of drug-likeness (QED) is 0.712. The molecule has 2 saturated heterocycles. The third-order valence-corrected chi connectivity index (χ3v) is 3.65. The van der Waals surface area contributed by atoms with E-state index in [2.05, 4.69) is 0 Å². The van der Waals surface area contributed by atoms with Crippen molar-refractivity contribution in [1.82, 2.24) is 9.80 Å². The predicted octanol–water partition coefficient (Wildman–Crippen LogP) is 1.47. The standard InChI is InChI=1S/C13H22N2O3/c1-12(2,3)18-11(17)15-8-13(6-9(15)7-13)10(16)14(4)5/h9H,6-8H2,1-5H3. The number of fused-ring (bicyclic) bond motifs is 1. The van der Waals surface area contributed by atoms with Crippen LogP contribution in [0.5, 0.6) is 0 Å². The summed E-state index contributed by atoms with van der Waals surface area (Å²) < 4.78 is 5.37. The van der Waals surface area contributed by atoms with Crippen LogP contribution in [0.4, 0.5) is 4.79 Å². The number of carbonyl (C=O) groups excluding carboxylic acids is 2. The second kappa shape index (κ2) is 3.87. The van der Waals surface area contributed by atoms with Crippen LogP contribution in [0.25, 0.3) is 0 Å². The largest absolute Gasteiger partial charge is 0.444 e. The Labute approximate surface area is 108 Å². The lowest BCUT2D eigenvalue weighted by atomic mass is 9.69. The van der Waals surface area contributed by atoms with Gasteiger partial charge in [0.05, 0.1) is 5.41 Å². The Morgan fingerprint density at radius 1 is 1.28 bits per heavy atom. The van der Waals surface area contributed by atoms with Crippen molar-refractivity contribution in [1.29, 1.82) is 0 Å². The minimum Gasteiger partial charge on any atom is -0.444 e. The summed E-state index contributed by atoms with van der Waals surface area (Å²) in [5.74, 6) is 0.129. The average molecular weight is 254 g/mol. The fraction of sp³-hybridized carbons (Fsp3) is 0.846. The van der Waals surface area contributed by atoms with Crippen LogP contribution in [-0.4, -0.2) is 54.1 Å². The van der Waals surface area contributed by atoms with Gasteiger partial charge in [-0.1, -0.05) is 0 Å². The van der Waals surface area contributed by atoms with Gasteiger partial charge in [-0.2, -0.15) is 0 Å². The highest BCUT2D eigenvalue weighted by molar-refractivity contribution is 5.86. The molecule has 1 saturated carbocycles. The molecule has 5 nitrogen and oxygen atoms in total. The van der Waals surface area contributed by atoms with Crippen molar-refractivity contribution in [3.05, 3.63) is 0 Å². The lowest BCUT2D eigenvalue weighted by Gasteiger charge is -2.37. The molecule has 2 aliphatic heterocycles. The van der Waals surface area contributed by atoms with Crippen LogP contribution in [-0.2, 0) is 9.53 Å². The molecule has 0 spiro atoms. The number of hydrogen-bond acceptors (Lipinski definition) is 3. The highest BCUT2D eigenvalue weighted by Gasteiger charge is 2.61. The van der Waals surface area contributed by atoms with Crippen LogP contribution in [0.1, 0.15) is 33.6 Å². The highest BCUT2D eigenvalue weighted by Crippen LogP contribution is 2.52. The monoisotopic (exact) mass is 254 g/mol. The van der Waals surface area contributed by atoms with Gasteiger partial charge in [-0.25, -0.2) is 4.79 Å². The molecule has 3 aliphatic rings. The lowest BCUT2D eigenvalue weighted by molar-refractivity contribution is -0.141. The van der Waals surface area contributed by atoms with Gasteiger partial charge in [0.15, 0.2) is 0 Å². The fourth-order valence-electron chi connectivity index (χ4n) is 2.90. The molecular formula is C13H22N2O3. The smallest absolute Gasteiger partial charge is 0.410 e. The Morgan fingerprint density at radius 3 is 2.28 bits per heavy atom. The van der Waals surface area contributed by atoms with E-state index < -0.39 is 5.60 Å². The van der Waals surface area contributed by atoms with E-state index in [0.29, 0.717) is 6.54 Å². The Morgan fingerprint density at radius 2 is 1.83 bits per heavy atom. The van der Waals surface area contributed by atoms with Crippen molar-refractivity contribution < 1.29 is 14.3 Å². The Kier molecular flexibility index (Phi) is 2.83. The normalized spacial score (nSPS) is 29.8. The molecular weight excluding hydrogens is 232 g/mol. The zero-order chi connectivity index (χ0) is 13.7.